The zero-order chi connectivity index (χ0) is 19.4. The Morgan fingerprint density at radius 3 is 2.64 bits per heavy atom. The first-order valence-electron chi connectivity index (χ1n) is 9.45. The Bertz CT molecular complexity index is 1120. The number of benzene rings is 2. The number of nitrogens with one attached hydrogen (secondary N) is 1. The van der Waals surface area contributed by atoms with Crippen LogP contribution in [0.1, 0.15) is 29.5 Å². The van der Waals surface area contributed by atoms with Crippen LogP contribution in [0.25, 0.3) is 11.1 Å². The van der Waals surface area contributed by atoms with Gasteiger partial charge in [-0.15, -0.1) is 0 Å². The van der Waals surface area contributed by atoms with Crippen molar-refractivity contribution in [1.82, 2.24) is 4.98 Å². The van der Waals surface area contributed by atoms with Crippen LogP contribution in [0.4, 0.5) is 0 Å². The SMILES string of the molecule is Cc1ccc(-c2c(Cl)[nH]c(=O)c3c2O[C@H](C)[C@@H]2COc4ccccc4[C@H]32)cc1. The zero-order valence-corrected chi connectivity index (χ0v) is 16.4. The molecule has 1 aromatic heterocycles. The Morgan fingerprint density at radius 2 is 1.86 bits per heavy atom. The molecule has 0 radical (unpaired) electrons. The molecule has 0 bridgehead atoms. The lowest BCUT2D eigenvalue weighted by atomic mass is 9.74. The van der Waals surface area contributed by atoms with E-state index in [4.69, 9.17) is 21.1 Å². The summed E-state index contributed by atoms with van der Waals surface area (Å²) in [6.45, 7) is 4.59. The molecule has 5 rings (SSSR count). The van der Waals surface area contributed by atoms with Crippen molar-refractivity contribution in [3.8, 4) is 22.6 Å². The molecule has 3 aromatic rings. The molecule has 0 unspecified atom stereocenters. The standard InChI is InChI=1S/C23H20ClNO3/c1-12-7-9-14(10-8-12)18-21-20(23(26)25-22(18)24)19-15-5-3-4-6-17(15)27-11-16(19)13(2)28-21/h3-10,13,16,19H,11H2,1-2H3,(H,25,26)/t13-,16+,19+/m1/s1. The Morgan fingerprint density at radius 1 is 1.11 bits per heavy atom. The van der Waals surface area contributed by atoms with Gasteiger partial charge in [0.1, 0.15) is 22.8 Å². The first kappa shape index (κ1) is 17.4. The minimum absolute atomic E-state index is 0.0653. The highest BCUT2D eigenvalue weighted by Gasteiger charge is 2.44. The van der Waals surface area contributed by atoms with Crippen LogP contribution in [0.2, 0.25) is 5.15 Å². The van der Waals surface area contributed by atoms with Crippen molar-refractivity contribution in [3.63, 3.8) is 0 Å². The summed E-state index contributed by atoms with van der Waals surface area (Å²) in [6.07, 6.45) is -0.104. The third-order valence-electron chi connectivity index (χ3n) is 5.83. The highest BCUT2D eigenvalue weighted by atomic mass is 35.5. The number of fused-ring (bicyclic) bond motifs is 5. The van der Waals surface area contributed by atoms with Crippen LogP contribution in [0, 0.1) is 12.8 Å². The molecule has 2 aromatic carbocycles. The second-order valence-electron chi connectivity index (χ2n) is 7.57. The van der Waals surface area contributed by atoms with E-state index in [9.17, 15) is 4.79 Å². The van der Waals surface area contributed by atoms with Crippen molar-refractivity contribution in [3.05, 3.63) is 80.7 Å². The fourth-order valence-corrected chi connectivity index (χ4v) is 4.66. The zero-order valence-electron chi connectivity index (χ0n) is 15.7. The molecule has 2 aliphatic rings. The Hall–Kier alpha value is -2.72. The largest absolute Gasteiger partial charge is 0.493 e. The molecule has 0 fully saturated rings. The molecular formula is C23H20ClNO3. The number of hydrogen-bond donors (Lipinski definition) is 1. The molecule has 0 spiro atoms. The van der Waals surface area contributed by atoms with Gasteiger partial charge in [0.2, 0.25) is 0 Å². The summed E-state index contributed by atoms with van der Waals surface area (Å²) < 4.78 is 12.3. The number of para-hydroxylation sites is 1. The van der Waals surface area contributed by atoms with Crippen LogP contribution in [-0.2, 0) is 0 Å². The van der Waals surface area contributed by atoms with E-state index in [-0.39, 0.29) is 23.5 Å². The Balaban J connectivity index is 1.79. The van der Waals surface area contributed by atoms with E-state index < -0.39 is 0 Å². The quantitative estimate of drug-likeness (QED) is 0.597. The highest BCUT2D eigenvalue weighted by molar-refractivity contribution is 6.32. The molecule has 4 nitrogen and oxygen atoms in total. The summed E-state index contributed by atoms with van der Waals surface area (Å²) >= 11 is 6.50. The van der Waals surface area contributed by atoms with Crippen LogP contribution >= 0.6 is 11.6 Å². The van der Waals surface area contributed by atoms with E-state index in [1.54, 1.807) is 0 Å². The molecule has 3 atom stereocenters. The summed E-state index contributed by atoms with van der Waals surface area (Å²) in [7, 11) is 0. The number of rotatable bonds is 1. The number of halogens is 1. The minimum atomic E-state index is -0.200. The lowest BCUT2D eigenvalue weighted by molar-refractivity contribution is 0.0654. The van der Waals surface area contributed by atoms with Gasteiger partial charge in [-0.05, 0) is 25.5 Å². The fourth-order valence-electron chi connectivity index (χ4n) is 4.38. The molecule has 0 saturated heterocycles. The van der Waals surface area contributed by atoms with Crippen LogP contribution < -0.4 is 15.0 Å². The predicted octanol–water partition coefficient (Wildman–Crippen LogP) is 4.93. The number of hydrogen-bond acceptors (Lipinski definition) is 3. The molecule has 2 aliphatic heterocycles. The maximum Gasteiger partial charge on any atom is 0.256 e. The molecule has 3 heterocycles. The number of aromatic nitrogens is 1. The molecule has 0 saturated carbocycles. The molecule has 1 N–H and O–H groups in total. The number of H-pyrrole nitrogens is 1. The van der Waals surface area contributed by atoms with Gasteiger partial charge in [-0.2, -0.15) is 0 Å². The monoisotopic (exact) mass is 393 g/mol. The first-order valence-corrected chi connectivity index (χ1v) is 9.83. The van der Waals surface area contributed by atoms with Gasteiger partial charge in [-0.3, -0.25) is 4.79 Å². The minimum Gasteiger partial charge on any atom is -0.493 e. The van der Waals surface area contributed by atoms with Crippen molar-refractivity contribution in [1.29, 1.82) is 0 Å². The van der Waals surface area contributed by atoms with E-state index in [1.807, 2.05) is 62.4 Å². The third-order valence-corrected chi connectivity index (χ3v) is 6.11. The summed E-state index contributed by atoms with van der Waals surface area (Å²) in [6, 6.07) is 16.0. The van der Waals surface area contributed by atoms with Crippen molar-refractivity contribution >= 4 is 11.6 Å². The maximum absolute atomic E-state index is 13.0. The van der Waals surface area contributed by atoms with Gasteiger partial charge in [-0.25, -0.2) is 0 Å². The molecule has 5 heteroatoms. The lowest BCUT2D eigenvalue weighted by Crippen LogP contribution is -2.43. The van der Waals surface area contributed by atoms with E-state index in [0.29, 0.717) is 23.1 Å². The number of pyridine rings is 1. The van der Waals surface area contributed by atoms with Crippen molar-refractivity contribution in [2.24, 2.45) is 5.92 Å². The second-order valence-corrected chi connectivity index (χ2v) is 7.94. The lowest BCUT2D eigenvalue weighted by Gasteiger charge is -2.41. The number of ether oxygens (including phenoxy) is 2. The van der Waals surface area contributed by atoms with Gasteiger partial charge in [0, 0.05) is 17.4 Å². The van der Waals surface area contributed by atoms with Gasteiger partial charge >= 0.3 is 0 Å². The van der Waals surface area contributed by atoms with Gasteiger partial charge in [0.05, 0.1) is 17.7 Å². The van der Waals surface area contributed by atoms with E-state index in [0.717, 1.165) is 28.0 Å². The van der Waals surface area contributed by atoms with Crippen LogP contribution in [0.15, 0.2) is 53.3 Å². The number of aryl methyl sites for hydroxylation is 1. The Kier molecular flexibility index (Phi) is 3.98. The summed E-state index contributed by atoms with van der Waals surface area (Å²) in [5.74, 6) is 1.39. The number of aromatic amines is 1. The molecule has 0 aliphatic carbocycles. The van der Waals surface area contributed by atoms with Crippen LogP contribution in [-0.4, -0.2) is 17.7 Å². The second kappa shape index (κ2) is 6.42. The van der Waals surface area contributed by atoms with Gasteiger partial charge in [0.15, 0.2) is 0 Å². The van der Waals surface area contributed by atoms with Crippen LogP contribution in [0.3, 0.4) is 0 Å². The first-order chi connectivity index (χ1) is 13.5. The summed E-state index contributed by atoms with van der Waals surface area (Å²) in [4.78, 5) is 15.9. The molecule has 0 amide bonds. The van der Waals surface area contributed by atoms with Gasteiger partial charge < -0.3 is 14.5 Å². The molecule has 142 valence electrons. The topological polar surface area (TPSA) is 51.3 Å². The molecular weight excluding hydrogens is 374 g/mol. The fraction of sp³-hybridized carbons (Fsp3) is 0.261. The Labute approximate surface area is 168 Å². The van der Waals surface area contributed by atoms with Gasteiger partial charge in [0.25, 0.3) is 5.56 Å². The van der Waals surface area contributed by atoms with Crippen molar-refractivity contribution < 1.29 is 9.47 Å². The summed E-state index contributed by atoms with van der Waals surface area (Å²) in [5, 5.41) is 0.304. The normalized spacial score (nSPS) is 22.3. The average molecular weight is 394 g/mol. The van der Waals surface area contributed by atoms with Crippen molar-refractivity contribution in [2.75, 3.05) is 6.61 Å². The van der Waals surface area contributed by atoms with Crippen LogP contribution in [0.5, 0.6) is 11.5 Å². The van der Waals surface area contributed by atoms with Gasteiger partial charge in [-0.1, -0.05) is 59.6 Å². The summed E-state index contributed by atoms with van der Waals surface area (Å²) in [5.41, 5.74) is 4.29. The third kappa shape index (κ3) is 2.55. The molecule has 28 heavy (non-hydrogen) atoms. The predicted molar refractivity (Wildman–Crippen MR) is 110 cm³/mol. The van der Waals surface area contributed by atoms with E-state index in [2.05, 4.69) is 4.98 Å². The maximum atomic E-state index is 13.0. The average Bonchev–Trinajstić information content (AvgIpc) is 2.69. The highest BCUT2D eigenvalue weighted by Crippen LogP contribution is 2.51. The van der Waals surface area contributed by atoms with Crippen molar-refractivity contribution in [2.45, 2.75) is 25.9 Å². The van der Waals surface area contributed by atoms with E-state index >= 15 is 0 Å². The smallest absolute Gasteiger partial charge is 0.256 e. The van der Waals surface area contributed by atoms with E-state index in [1.165, 1.54) is 0 Å².